The largest absolute Gasteiger partial charge is 0.481 e. The molecule has 2 unspecified atom stereocenters. The van der Waals surface area contributed by atoms with Crippen LogP contribution in [0.1, 0.15) is 33.1 Å². The SMILES string of the molecule is CCCC(CC(=O)O)NC(=O)NCCS(=O)CC. The average molecular weight is 278 g/mol. The van der Waals surface area contributed by atoms with Gasteiger partial charge in [0, 0.05) is 34.9 Å². The van der Waals surface area contributed by atoms with E-state index in [2.05, 4.69) is 10.6 Å². The second-order valence-electron chi connectivity index (χ2n) is 3.92. The zero-order valence-electron chi connectivity index (χ0n) is 10.9. The highest BCUT2D eigenvalue weighted by Crippen LogP contribution is 2.01. The molecule has 0 aliphatic rings. The minimum Gasteiger partial charge on any atom is -0.481 e. The normalized spacial score (nSPS) is 13.7. The van der Waals surface area contributed by atoms with Gasteiger partial charge in [-0.3, -0.25) is 9.00 Å². The van der Waals surface area contributed by atoms with Crippen LogP contribution in [0.15, 0.2) is 0 Å². The molecule has 7 heteroatoms. The fourth-order valence-electron chi connectivity index (χ4n) is 1.44. The van der Waals surface area contributed by atoms with Crippen molar-refractivity contribution in [2.24, 2.45) is 0 Å². The zero-order chi connectivity index (χ0) is 14.0. The van der Waals surface area contributed by atoms with Gasteiger partial charge in [0.15, 0.2) is 0 Å². The molecule has 0 aliphatic carbocycles. The maximum atomic E-state index is 11.5. The van der Waals surface area contributed by atoms with Crippen molar-refractivity contribution in [3.05, 3.63) is 0 Å². The number of nitrogens with one attached hydrogen (secondary N) is 2. The van der Waals surface area contributed by atoms with Crippen LogP contribution in [0, 0.1) is 0 Å². The van der Waals surface area contributed by atoms with Crippen LogP contribution in [0.2, 0.25) is 0 Å². The molecule has 2 atom stereocenters. The van der Waals surface area contributed by atoms with Crippen molar-refractivity contribution in [1.29, 1.82) is 0 Å². The molecule has 0 aliphatic heterocycles. The lowest BCUT2D eigenvalue weighted by Crippen LogP contribution is -2.44. The van der Waals surface area contributed by atoms with Crippen molar-refractivity contribution < 1.29 is 18.9 Å². The number of aliphatic carboxylic acids is 1. The van der Waals surface area contributed by atoms with Gasteiger partial charge in [0.2, 0.25) is 0 Å². The van der Waals surface area contributed by atoms with Gasteiger partial charge in [-0.15, -0.1) is 0 Å². The molecule has 0 rings (SSSR count). The number of hydrogen-bond donors (Lipinski definition) is 3. The highest BCUT2D eigenvalue weighted by atomic mass is 32.2. The van der Waals surface area contributed by atoms with E-state index < -0.39 is 22.8 Å². The van der Waals surface area contributed by atoms with Crippen LogP contribution in [0.4, 0.5) is 4.79 Å². The Hall–Kier alpha value is -1.11. The van der Waals surface area contributed by atoms with E-state index in [1.54, 1.807) is 0 Å². The smallest absolute Gasteiger partial charge is 0.315 e. The Kier molecular flexibility index (Phi) is 9.26. The zero-order valence-corrected chi connectivity index (χ0v) is 11.7. The second-order valence-corrected chi connectivity index (χ2v) is 5.78. The van der Waals surface area contributed by atoms with Crippen LogP contribution in [-0.4, -0.2) is 45.4 Å². The number of urea groups is 1. The maximum Gasteiger partial charge on any atom is 0.315 e. The van der Waals surface area contributed by atoms with Gasteiger partial charge >= 0.3 is 12.0 Å². The summed E-state index contributed by atoms with van der Waals surface area (Å²) in [4.78, 5) is 22.1. The molecule has 2 amide bonds. The van der Waals surface area contributed by atoms with E-state index in [0.717, 1.165) is 6.42 Å². The summed E-state index contributed by atoms with van der Waals surface area (Å²) in [5.74, 6) is 0.0584. The standard InChI is InChI=1S/C11H22N2O4S/c1-3-5-9(8-10(14)15)13-11(16)12-6-7-18(17)4-2/h9H,3-8H2,1-2H3,(H,14,15)(H2,12,13,16). The molecule has 3 N–H and O–H groups in total. The number of carbonyl (C=O) groups excluding carboxylic acids is 1. The molecule has 0 aromatic heterocycles. The highest BCUT2D eigenvalue weighted by molar-refractivity contribution is 7.84. The van der Waals surface area contributed by atoms with E-state index in [0.29, 0.717) is 24.5 Å². The molecular formula is C11H22N2O4S. The molecule has 0 saturated heterocycles. The van der Waals surface area contributed by atoms with E-state index in [-0.39, 0.29) is 12.5 Å². The van der Waals surface area contributed by atoms with Gasteiger partial charge in [0.1, 0.15) is 0 Å². The van der Waals surface area contributed by atoms with Crippen molar-refractivity contribution in [2.45, 2.75) is 39.2 Å². The first-order chi connectivity index (χ1) is 8.49. The molecular weight excluding hydrogens is 256 g/mol. The summed E-state index contributed by atoms with van der Waals surface area (Å²) in [6.45, 7) is 4.08. The fraction of sp³-hybridized carbons (Fsp3) is 0.818. The Morgan fingerprint density at radius 1 is 1.33 bits per heavy atom. The van der Waals surface area contributed by atoms with Gasteiger partial charge < -0.3 is 15.7 Å². The predicted octanol–water partition coefficient (Wildman–Crippen LogP) is 0.698. The Labute approximate surface area is 110 Å². The predicted molar refractivity (Wildman–Crippen MR) is 71.0 cm³/mol. The molecule has 0 spiro atoms. The number of amides is 2. The van der Waals surface area contributed by atoms with E-state index in [1.807, 2.05) is 13.8 Å². The Bertz CT molecular complexity index is 297. The van der Waals surface area contributed by atoms with Crippen LogP contribution in [0.3, 0.4) is 0 Å². The summed E-state index contributed by atoms with van der Waals surface area (Å²) in [5, 5.41) is 13.9. The summed E-state index contributed by atoms with van der Waals surface area (Å²) in [5.41, 5.74) is 0. The quantitative estimate of drug-likeness (QED) is 0.578. The topological polar surface area (TPSA) is 95.5 Å². The number of rotatable bonds is 9. The molecule has 0 radical (unpaired) electrons. The van der Waals surface area contributed by atoms with Gasteiger partial charge in [0.25, 0.3) is 0 Å². The van der Waals surface area contributed by atoms with E-state index in [4.69, 9.17) is 5.11 Å². The molecule has 0 heterocycles. The van der Waals surface area contributed by atoms with Gasteiger partial charge in [-0.05, 0) is 6.42 Å². The molecule has 6 nitrogen and oxygen atoms in total. The highest BCUT2D eigenvalue weighted by Gasteiger charge is 2.14. The first kappa shape index (κ1) is 16.9. The van der Waals surface area contributed by atoms with Gasteiger partial charge in [-0.25, -0.2) is 4.79 Å². The molecule has 0 aromatic carbocycles. The number of hydrogen-bond acceptors (Lipinski definition) is 3. The van der Waals surface area contributed by atoms with E-state index >= 15 is 0 Å². The number of carboxylic acids is 1. The third kappa shape index (κ3) is 8.98. The van der Waals surface area contributed by atoms with Crippen LogP contribution in [0.25, 0.3) is 0 Å². The lowest BCUT2D eigenvalue weighted by atomic mass is 10.1. The van der Waals surface area contributed by atoms with Gasteiger partial charge in [-0.1, -0.05) is 20.3 Å². The maximum absolute atomic E-state index is 11.5. The number of carboxylic acid groups (broad SMARTS) is 1. The summed E-state index contributed by atoms with van der Waals surface area (Å²) in [7, 11) is -0.905. The molecule has 106 valence electrons. The summed E-state index contributed by atoms with van der Waals surface area (Å²) >= 11 is 0. The van der Waals surface area contributed by atoms with Crippen LogP contribution in [0.5, 0.6) is 0 Å². The molecule has 0 bridgehead atoms. The fourth-order valence-corrected chi connectivity index (χ4v) is 2.06. The molecule has 0 fully saturated rings. The lowest BCUT2D eigenvalue weighted by Gasteiger charge is -2.16. The Balaban J connectivity index is 3.94. The summed E-state index contributed by atoms with van der Waals surface area (Å²) in [6.07, 6.45) is 1.35. The van der Waals surface area contributed by atoms with Crippen LogP contribution < -0.4 is 10.6 Å². The monoisotopic (exact) mass is 278 g/mol. The summed E-state index contributed by atoms with van der Waals surface area (Å²) in [6, 6.07) is -0.757. The second kappa shape index (κ2) is 9.87. The van der Waals surface area contributed by atoms with Crippen molar-refractivity contribution in [3.8, 4) is 0 Å². The van der Waals surface area contributed by atoms with Crippen LogP contribution >= 0.6 is 0 Å². The third-order valence-electron chi connectivity index (χ3n) is 2.33. The van der Waals surface area contributed by atoms with Crippen LogP contribution in [-0.2, 0) is 15.6 Å². The van der Waals surface area contributed by atoms with Gasteiger partial charge in [-0.2, -0.15) is 0 Å². The Morgan fingerprint density at radius 3 is 2.50 bits per heavy atom. The van der Waals surface area contributed by atoms with Crippen molar-refractivity contribution in [1.82, 2.24) is 10.6 Å². The van der Waals surface area contributed by atoms with Crippen molar-refractivity contribution in [2.75, 3.05) is 18.1 Å². The van der Waals surface area contributed by atoms with Crippen molar-refractivity contribution >= 4 is 22.8 Å². The lowest BCUT2D eigenvalue weighted by molar-refractivity contribution is -0.137. The number of carbonyl (C=O) groups is 2. The molecule has 18 heavy (non-hydrogen) atoms. The van der Waals surface area contributed by atoms with E-state index in [1.165, 1.54) is 0 Å². The first-order valence-corrected chi connectivity index (χ1v) is 7.59. The third-order valence-corrected chi connectivity index (χ3v) is 3.63. The summed E-state index contributed by atoms with van der Waals surface area (Å²) < 4.78 is 11.1. The van der Waals surface area contributed by atoms with E-state index in [9.17, 15) is 13.8 Å². The van der Waals surface area contributed by atoms with Crippen molar-refractivity contribution in [3.63, 3.8) is 0 Å². The molecule has 0 aromatic rings. The average Bonchev–Trinajstić information content (AvgIpc) is 2.28. The Morgan fingerprint density at radius 2 is 2.00 bits per heavy atom. The first-order valence-electron chi connectivity index (χ1n) is 6.10. The minimum absolute atomic E-state index is 0.0812. The molecule has 0 saturated carbocycles. The van der Waals surface area contributed by atoms with Gasteiger partial charge in [0.05, 0.1) is 6.42 Å². The minimum atomic E-state index is -0.930.